The molecular formula is C12H11ClN4S. The minimum atomic E-state index is 0.594. The molecule has 0 radical (unpaired) electrons. The number of rotatable bonds is 1. The van der Waals surface area contributed by atoms with E-state index in [1.54, 1.807) is 0 Å². The number of H-pyrrole nitrogens is 1. The molecule has 0 unspecified atom stereocenters. The van der Waals surface area contributed by atoms with Gasteiger partial charge in [-0.2, -0.15) is 5.10 Å². The first-order chi connectivity index (χ1) is 8.58. The van der Waals surface area contributed by atoms with Crippen molar-refractivity contribution in [2.24, 2.45) is 7.05 Å². The standard InChI is InChI=1S/C12H11ClN4S/c1-7-6-10(15-16(7)2)17-9-5-3-4-8(13)11(9)14-12(17)18/h3-6H,1-2H3,(H,14,18). The van der Waals surface area contributed by atoms with Gasteiger partial charge in [0.05, 0.1) is 16.1 Å². The van der Waals surface area contributed by atoms with E-state index in [4.69, 9.17) is 23.8 Å². The Bertz CT molecular complexity index is 777. The van der Waals surface area contributed by atoms with Crippen LogP contribution in [0, 0.1) is 11.7 Å². The van der Waals surface area contributed by atoms with E-state index >= 15 is 0 Å². The van der Waals surface area contributed by atoms with Gasteiger partial charge in [-0.25, -0.2) is 0 Å². The van der Waals surface area contributed by atoms with E-state index < -0.39 is 0 Å². The van der Waals surface area contributed by atoms with Crippen molar-refractivity contribution in [3.63, 3.8) is 0 Å². The van der Waals surface area contributed by atoms with Crippen LogP contribution in [0.25, 0.3) is 16.9 Å². The molecule has 6 heteroatoms. The normalized spacial score (nSPS) is 11.3. The minimum absolute atomic E-state index is 0.594. The monoisotopic (exact) mass is 278 g/mol. The Morgan fingerprint density at radius 3 is 2.83 bits per heavy atom. The van der Waals surface area contributed by atoms with Crippen LogP contribution in [-0.4, -0.2) is 19.3 Å². The molecule has 0 aliphatic heterocycles. The number of halogens is 1. The number of imidazole rings is 1. The number of hydrogen-bond donors (Lipinski definition) is 1. The van der Waals surface area contributed by atoms with E-state index in [2.05, 4.69) is 10.1 Å². The second-order valence-electron chi connectivity index (χ2n) is 4.17. The van der Waals surface area contributed by atoms with Crippen molar-refractivity contribution in [1.82, 2.24) is 19.3 Å². The first kappa shape index (κ1) is 11.5. The maximum atomic E-state index is 6.15. The number of aromatic amines is 1. The molecule has 1 N–H and O–H groups in total. The lowest BCUT2D eigenvalue weighted by atomic mass is 10.3. The summed E-state index contributed by atoms with van der Waals surface area (Å²) in [5, 5.41) is 5.10. The number of para-hydroxylation sites is 1. The molecule has 2 aromatic heterocycles. The average molecular weight is 279 g/mol. The predicted octanol–water partition coefficient (Wildman–Crippen LogP) is 3.38. The molecule has 1 aromatic carbocycles. The van der Waals surface area contributed by atoms with Gasteiger partial charge in [0.25, 0.3) is 0 Å². The van der Waals surface area contributed by atoms with E-state index in [1.807, 2.05) is 47.5 Å². The lowest BCUT2D eigenvalue weighted by Gasteiger charge is -1.99. The Hall–Kier alpha value is -1.59. The molecule has 0 saturated carbocycles. The van der Waals surface area contributed by atoms with Crippen LogP contribution in [-0.2, 0) is 7.05 Å². The lowest BCUT2D eigenvalue weighted by molar-refractivity contribution is 0.728. The van der Waals surface area contributed by atoms with Gasteiger partial charge in [-0.15, -0.1) is 0 Å². The van der Waals surface area contributed by atoms with E-state index in [1.165, 1.54) is 0 Å². The summed E-state index contributed by atoms with van der Waals surface area (Å²) in [7, 11) is 1.91. The molecule has 18 heavy (non-hydrogen) atoms. The third-order valence-electron chi connectivity index (χ3n) is 3.00. The Morgan fingerprint density at radius 1 is 1.39 bits per heavy atom. The fourth-order valence-electron chi connectivity index (χ4n) is 1.97. The second-order valence-corrected chi connectivity index (χ2v) is 4.96. The molecule has 0 atom stereocenters. The van der Waals surface area contributed by atoms with E-state index in [9.17, 15) is 0 Å². The topological polar surface area (TPSA) is 38.5 Å². The molecule has 3 aromatic rings. The largest absolute Gasteiger partial charge is 0.329 e. The zero-order valence-electron chi connectivity index (χ0n) is 9.94. The van der Waals surface area contributed by atoms with Crippen molar-refractivity contribution in [2.45, 2.75) is 6.92 Å². The molecule has 0 aliphatic carbocycles. The Balaban J connectivity index is 2.39. The molecule has 0 aliphatic rings. The summed E-state index contributed by atoms with van der Waals surface area (Å²) in [6.45, 7) is 2.00. The fourth-order valence-corrected chi connectivity index (χ4v) is 2.48. The first-order valence-electron chi connectivity index (χ1n) is 5.48. The van der Waals surface area contributed by atoms with Crippen LogP contribution in [0.15, 0.2) is 24.3 Å². The fraction of sp³-hybridized carbons (Fsp3) is 0.167. The van der Waals surface area contributed by atoms with Crippen molar-refractivity contribution >= 4 is 34.9 Å². The number of aromatic nitrogens is 4. The zero-order chi connectivity index (χ0) is 12.9. The predicted molar refractivity (Wildman–Crippen MR) is 75.0 cm³/mol. The number of hydrogen-bond acceptors (Lipinski definition) is 2. The lowest BCUT2D eigenvalue weighted by Crippen LogP contribution is -1.97. The van der Waals surface area contributed by atoms with E-state index in [0.29, 0.717) is 9.79 Å². The Morgan fingerprint density at radius 2 is 2.17 bits per heavy atom. The van der Waals surface area contributed by atoms with Gasteiger partial charge in [0.1, 0.15) is 0 Å². The molecule has 0 spiro atoms. The minimum Gasteiger partial charge on any atom is -0.329 e. The Kier molecular flexibility index (Phi) is 2.53. The van der Waals surface area contributed by atoms with E-state index in [0.717, 1.165) is 22.5 Å². The number of nitrogens with zero attached hydrogens (tertiary/aromatic N) is 3. The van der Waals surface area contributed by atoms with Crippen molar-refractivity contribution in [3.8, 4) is 5.82 Å². The third kappa shape index (κ3) is 1.59. The maximum absolute atomic E-state index is 6.15. The number of fused-ring (bicyclic) bond motifs is 1. The number of nitrogens with one attached hydrogen (secondary N) is 1. The summed E-state index contributed by atoms with van der Waals surface area (Å²) in [6, 6.07) is 7.70. The van der Waals surface area contributed by atoms with Crippen molar-refractivity contribution in [3.05, 3.63) is 39.8 Å². The molecule has 2 heterocycles. The molecule has 4 nitrogen and oxygen atoms in total. The molecule has 3 rings (SSSR count). The second kappa shape index (κ2) is 3.96. The third-order valence-corrected chi connectivity index (χ3v) is 3.60. The van der Waals surface area contributed by atoms with Gasteiger partial charge in [0, 0.05) is 18.8 Å². The van der Waals surface area contributed by atoms with Crippen LogP contribution in [0.2, 0.25) is 5.02 Å². The van der Waals surface area contributed by atoms with Crippen LogP contribution >= 0.6 is 23.8 Å². The molecule has 0 bridgehead atoms. The highest BCUT2D eigenvalue weighted by Crippen LogP contribution is 2.25. The van der Waals surface area contributed by atoms with Gasteiger partial charge in [-0.05, 0) is 31.3 Å². The summed E-state index contributed by atoms with van der Waals surface area (Å²) >= 11 is 11.5. The highest BCUT2D eigenvalue weighted by molar-refractivity contribution is 7.71. The van der Waals surface area contributed by atoms with Crippen LogP contribution < -0.4 is 0 Å². The molecular weight excluding hydrogens is 268 g/mol. The SMILES string of the molecule is Cc1cc(-n2c(=S)[nH]c3c(Cl)cccc32)nn1C. The van der Waals surface area contributed by atoms with E-state index in [-0.39, 0.29) is 0 Å². The zero-order valence-corrected chi connectivity index (χ0v) is 11.5. The number of benzene rings is 1. The van der Waals surface area contributed by atoms with Crippen LogP contribution in [0.1, 0.15) is 5.69 Å². The summed E-state index contributed by atoms with van der Waals surface area (Å²) < 4.78 is 4.31. The molecule has 92 valence electrons. The quantitative estimate of drug-likeness (QED) is 0.693. The molecule has 0 fully saturated rings. The van der Waals surface area contributed by atoms with Crippen LogP contribution in [0.4, 0.5) is 0 Å². The molecule has 0 saturated heterocycles. The van der Waals surface area contributed by atoms with Crippen molar-refractivity contribution < 1.29 is 0 Å². The van der Waals surface area contributed by atoms with Crippen LogP contribution in [0.3, 0.4) is 0 Å². The van der Waals surface area contributed by atoms with Gasteiger partial charge in [-0.3, -0.25) is 9.25 Å². The first-order valence-corrected chi connectivity index (χ1v) is 6.27. The van der Waals surface area contributed by atoms with Crippen LogP contribution in [0.5, 0.6) is 0 Å². The van der Waals surface area contributed by atoms with Gasteiger partial charge in [-0.1, -0.05) is 17.7 Å². The Labute approximate surface area is 114 Å². The van der Waals surface area contributed by atoms with Gasteiger partial charge in [0.15, 0.2) is 10.6 Å². The molecule has 0 amide bonds. The average Bonchev–Trinajstić information content (AvgIpc) is 2.81. The summed E-state index contributed by atoms with van der Waals surface area (Å²) in [5.41, 5.74) is 2.85. The van der Waals surface area contributed by atoms with Gasteiger partial charge >= 0.3 is 0 Å². The highest BCUT2D eigenvalue weighted by Gasteiger charge is 2.11. The summed E-state index contributed by atoms with van der Waals surface area (Å²) in [4.78, 5) is 3.12. The highest BCUT2D eigenvalue weighted by atomic mass is 35.5. The summed E-state index contributed by atoms with van der Waals surface area (Å²) in [5.74, 6) is 0.800. The van der Waals surface area contributed by atoms with Crippen molar-refractivity contribution in [2.75, 3.05) is 0 Å². The number of aryl methyl sites for hydroxylation is 2. The smallest absolute Gasteiger partial charge is 0.184 e. The maximum Gasteiger partial charge on any atom is 0.184 e. The van der Waals surface area contributed by atoms with Crippen molar-refractivity contribution in [1.29, 1.82) is 0 Å². The van der Waals surface area contributed by atoms with Gasteiger partial charge < -0.3 is 4.98 Å². The van der Waals surface area contributed by atoms with Gasteiger partial charge in [0.2, 0.25) is 0 Å². The summed E-state index contributed by atoms with van der Waals surface area (Å²) in [6.07, 6.45) is 0.